The number of thioether (sulfide) groups is 1. The minimum absolute atomic E-state index is 0.0295. The average molecular weight is 237 g/mol. The van der Waals surface area contributed by atoms with Crippen LogP contribution < -0.4 is 5.73 Å². The van der Waals surface area contributed by atoms with Crippen molar-refractivity contribution >= 4 is 23.6 Å². The van der Waals surface area contributed by atoms with Crippen molar-refractivity contribution in [3.63, 3.8) is 0 Å². The summed E-state index contributed by atoms with van der Waals surface area (Å²) >= 11 is 1.30. The molecule has 1 amide bonds. The molecule has 1 heterocycles. The number of primary amides is 1. The molecule has 1 aliphatic carbocycles. The summed E-state index contributed by atoms with van der Waals surface area (Å²) in [5.74, 6) is -1.04. The van der Waals surface area contributed by atoms with Crippen LogP contribution in [0.4, 0.5) is 0 Å². The molecule has 1 unspecified atom stereocenters. The average Bonchev–Trinajstić information content (AvgIpc) is 2.75. The van der Waals surface area contributed by atoms with Gasteiger partial charge in [0.2, 0.25) is 0 Å². The van der Waals surface area contributed by atoms with E-state index in [1.807, 2.05) is 18.2 Å². The SMILES string of the molecule is CCOC(=O)C1=C(C(N)=O)SC2C=CC=C12. The van der Waals surface area contributed by atoms with E-state index in [0.717, 1.165) is 5.57 Å². The Labute approximate surface area is 97.2 Å². The summed E-state index contributed by atoms with van der Waals surface area (Å²) in [4.78, 5) is 23.3. The lowest BCUT2D eigenvalue weighted by atomic mass is 10.1. The van der Waals surface area contributed by atoms with Crippen LogP contribution in [0.25, 0.3) is 0 Å². The number of hydrogen-bond acceptors (Lipinski definition) is 4. The molecular formula is C11H11NO3S. The first-order valence-electron chi connectivity index (χ1n) is 4.91. The molecule has 4 nitrogen and oxygen atoms in total. The maximum Gasteiger partial charge on any atom is 0.339 e. The number of hydrogen-bond donors (Lipinski definition) is 1. The number of rotatable bonds is 3. The molecule has 1 atom stereocenters. The Balaban J connectivity index is 2.38. The monoisotopic (exact) mass is 237 g/mol. The van der Waals surface area contributed by atoms with Gasteiger partial charge in [-0.2, -0.15) is 0 Å². The normalized spacial score (nSPS) is 22.1. The maximum absolute atomic E-state index is 11.7. The van der Waals surface area contributed by atoms with Gasteiger partial charge < -0.3 is 10.5 Å². The molecule has 0 aromatic carbocycles. The number of nitrogens with two attached hydrogens (primary N) is 1. The summed E-state index contributed by atoms with van der Waals surface area (Å²) in [5, 5.41) is 0.0295. The number of amides is 1. The molecule has 0 saturated carbocycles. The second kappa shape index (κ2) is 4.17. The second-order valence-corrected chi connectivity index (χ2v) is 4.49. The lowest BCUT2D eigenvalue weighted by Crippen LogP contribution is -2.16. The van der Waals surface area contributed by atoms with Gasteiger partial charge in [-0.25, -0.2) is 4.79 Å². The summed E-state index contributed by atoms with van der Waals surface area (Å²) in [6.45, 7) is 2.01. The van der Waals surface area contributed by atoms with Crippen molar-refractivity contribution in [3.8, 4) is 0 Å². The zero-order valence-corrected chi connectivity index (χ0v) is 9.54. The lowest BCUT2D eigenvalue weighted by Gasteiger charge is -2.05. The fourth-order valence-corrected chi connectivity index (χ4v) is 2.88. The van der Waals surface area contributed by atoms with Crippen LogP contribution in [-0.4, -0.2) is 23.7 Å². The van der Waals surface area contributed by atoms with Crippen molar-refractivity contribution in [2.45, 2.75) is 12.2 Å². The maximum atomic E-state index is 11.7. The molecule has 2 rings (SSSR count). The molecule has 0 aromatic rings. The Kier molecular flexibility index (Phi) is 2.87. The van der Waals surface area contributed by atoms with Gasteiger partial charge in [0.1, 0.15) is 0 Å². The highest BCUT2D eigenvalue weighted by molar-refractivity contribution is 8.05. The van der Waals surface area contributed by atoms with E-state index in [2.05, 4.69) is 0 Å². The summed E-state index contributed by atoms with van der Waals surface area (Å²) in [7, 11) is 0. The molecule has 0 fully saturated rings. The molecule has 2 N–H and O–H groups in total. The minimum atomic E-state index is -0.572. The Bertz CT molecular complexity index is 448. The van der Waals surface area contributed by atoms with Crippen LogP contribution in [0.3, 0.4) is 0 Å². The molecule has 0 bridgehead atoms. The van der Waals surface area contributed by atoms with Crippen LogP contribution >= 0.6 is 11.8 Å². The van der Waals surface area contributed by atoms with Crippen LogP contribution in [0.5, 0.6) is 0 Å². The van der Waals surface area contributed by atoms with E-state index in [4.69, 9.17) is 10.5 Å². The van der Waals surface area contributed by atoms with E-state index < -0.39 is 11.9 Å². The van der Waals surface area contributed by atoms with E-state index in [0.29, 0.717) is 10.5 Å². The Morgan fingerprint density at radius 3 is 2.94 bits per heavy atom. The lowest BCUT2D eigenvalue weighted by molar-refractivity contribution is -0.138. The van der Waals surface area contributed by atoms with Crippen molar-refractivity contribution in [1.29, 1.82) is 0 Å². The quantitative estimate of drug-likeness (QED) is 0.740. The predicted molar refractivity (Wildman–Crippen MR) is 61.5 cm³/mol. The molecule has 1 aliphatic heterocycles. The van der Waals surface area contributed by atoms with Gasteiger partial charge in [-0.05, 0) is 12.5 Å². The standard InChI is InChI=1S/C11H11NO3S/c1-2-15-11(14)8-6-4-3-5-7(6)16-9(8)10(12)13/h3-5,7H,2H2,1H3,(H2,12,13). The third kappa shape index (κ3) is 1.67. The van der Waals surface area contributed by atoms with Gasteiger partial charge in [0.05, 0.1) is 22.3 Å². The first-order valence-corrected chi connectivity index (χ1v) is 5.79. The highest BCUT2D eigenvalue weighted by Crippen LogP contribution is 2.44. The fraction of sp³-hybridized carbons (Fsp3) is 0.273. The molecule has 5 heteroatoms. The Morgan fingerprint density at radius 2 is 2.31 bits per heavy atom. The van der Waals surface area contributed by atoms with Crippen molar-refractivity contribution in [2.24, 2.45) is 5.73 Å². The first-order chi connectivity index (χ1) is 7.65. The third-order valence-corrected chi connectivity index (χ3v) is 3.64. The van der Waals surface area contributed by atoms with Crippen LogP contribution in [0.15, 0.2) is 34.3 Å². The number of esters is 1. The Hall–Kier alpha value is -1.49. The fourth-order valence-electron chi connectivity index (χ4n) is 1.70. The topological polar surface area (TPSA) is 69.4 Å². The number of ether oxygens (including phenoxy) is 1. The summed E-state index contributed by atoms with van der Waals surface area (Å²) in [6.07, 6.45) is 5.61. The summed E-state index contributed by atoms with van der Waals surface area (Å²) < 4.78 is 4.93. The van der Waals surface area contributed by atoms with Gasteiger partial charge in [0.25, 0.3) is 5.91 Å². The number of carbonyl (C=O) groups excluding carboxylic acids is 2. The van der Waals surface area contributed by atoms with E-state index in [-0.39, 0.29) is 11.9 Å². The highest BCUT2D eigenvalue weighted by Gasteiger charge is 2.37. The zero-order chi connectivity index (χ0) is 11.7. The molecule has 0 aromatic heterocycles. The van der Waals surface area contributed by atoms with Crippen LogP contribution in [0, 0.1) is 0 Å². The van der Waals surface area contributed by atoms with Crippen molar-refractivity contribution in [3.05, 3.63) is 34.3 Å². The Morgan fingerprint density at radius 1 is 1.56 bits per heavy atom. The van der Waals surface area contributed by atoms with Gasteiger partial charge >= 0.3 is 5.97 Å². The molecule has 0 radical (unpaired) electrons. The molecule has 0 saturated heterocycles. The minimum Gasteiger partial charge on any atom is -0.462 e. The van der Waals surface area contributed by atoms with Crippen molar-refractivity contribution in [2.75, 3.05) is 6.61 Å². The smallest absolute Gasteiger partial charge is 0.339 e. The zero-order valence-electron chi connectivity index (χ0n) is 8.73. The molecule has 2 aliphatic rings. The number of carbonyl (C=O) groups is 2. The number of fused-ring (bicyclic) bond motifs is 1. The molecule has 16 heavy (non-hydrogen) atoms. The van der Waals surface area contributed by atoms with Crippen LogP contribution in [0.1, 0.15) is 6.92 Å². The van der Waals surface area contributed by atoms with E-state index in [1.165, 1.54) is 11.8 Å². The van der Waals surface area contributed by atoms with Crippen LogP contribution in [0.2, 0.25) is 0 Å². The molecule has 0 spiro atoms. The van der Waals surface area contributed by atoms with Crippen molar-refractivity contribution < 1.29 is 14.3 Å². The molecular weight excluding hydrogens is 226 g/mol. The second-order valence-electron chi connectivity index (χ2n) is 3.33. The van der Waals surface area contributed by atoms with Gasteiger partial charge in [0.15, 0.2) is 0 Å². The third-order valence-electron chi connectivity index (χ3n) is 2.33. The van der Waals surface area contributed by atoms with Gasteiger partial charge in [-0.1, -0.05) is 18.2 Å². The summed E-state index contributed by atoms with van der Waals surface area (Å²) in [5.41, 5.74) is 6.39. The van der Waals surface area contributed by atoms with Gasteiger partial charge in [-0.3, -0.25) is 4.79 Å². The number of allylic oxidation sites excluding steroid dienone is 2. The molecule has 84 valence electrons. The highest BCUT2D eigenvalue weighted by atomic mass is 32.2. The van der Waals surface area contributed by atoms with E-state index in [1.54, 1.807) is 6.92 Å². The van der Waals surface area contributed by atoms with Gasteiger partial charge in [-0.15, -0.1) is 11.8 Å². The summed E-state index contributed by atoms with van der Waals surface area (Å²) in [6, 6.07) is 0. The van der Waals surface area contributed by atoms with E-state index >= 15 is 0 Å². The largest absolute Gasteiger partial charge is 0.462 e. The van der Waals surface area contributed by atoms with Crippen LogP contribution in [-0.2, 0) is 14.3 Å². The first kappa shape index (κ1) is 11.0. The predicted octanol–water partition coefficient (Wildman–Crippen LogP) is 0.901. The van der Waals surface area contributed by atoms with Crippen molar-refractivity contribution in [1.82, 2.24) is 0 Å². The van der Waals surface area contributed by atoms with E-state index in [9.17, 15) is 9.59 Å². The van der Waals surface area contributed by atoms with Gasteiger partial charge in [0, 0.05) is 0 Å².